The Labute approximate surface area is 147 Å². The molecule has 1 aliphatic rings. The molecular weight excluding hydrogens is 316 g/mol. The van der Waals surface area contributed by atoms with E-state index < -0.39 is 6.04 Å². The molecule has 7 heteroatoms. The average Bonchev–Trinajstić information content (AvgIpc) is 2.93. The zero-order chi connectivity index (χ0) is 18.0. The van der Waals surface area contributed by atoms with Gasteiger partial charge in [-0.05, 0) is 52.0 Å². The van der Waals surface area contributed by atoms with Crippen molar-refractivity contribution in [2.75, 3.05) is 6.54 Å². The standard InChI is InChI=1S/C18H26N6O/c1-10-13-6-4-5-7-14(13)22-15(21-10)8-9-20-18(25)17(19)16-11(2)23-24-12(16)3/h17H,4-9,19H2,1-3H3,(H,20,25)(H,23,24)/t17-/m0/s1. The van der Waals surface area contributed by atoms with Gasteiger partial charge >= 0.3 is 0 Å². The van der Waals surface area contributed by atoms with Crippen molar-refractivity contribution in [3.8, 4) is 0 Å². The van der Waals surface area contributed by atoms with E-state index in [-0.39, 0.29) is 5.91 Å². The van der Waals surface area contributed by atoms with Crippen LogP contribution in [-0.2, 0) is 24.1 Å². The fraction of sp³-hybridized carbons (Fsp3) is 0.556. The summed E-state index contributed by atoms with van der Waals surface area (Å²) in [5, 5.41) is 9.84. The lowest BCUT2D eigenvalue weighted by Gasteiger charge is -2.18. The van der Waals surface area contributed by atoms with Gasteiger partial charge < -0.3 is 11.1 Å². The molecular formula is C18H26N6O. The summed E-state index contributed by atoms with van der Waals surface area (Å²) >= 11 is 0. The molecule has 0 unspecified atom stereocenters. The van der Waals surface area contributed by atoms with Gasteiger partial charge in [0.2, 0.25) is 5.91 Å². The minimum Gasteiger partial charge on any atom is -0.354 e. The molecule has 3 rings (SSSR count). The highest BCUT2D eigenvalue weighted by molar-refractivity contribution is 5.83. The average molecular weight is 342 g/mol. The van der Waals surface area contributed by atoms with E-state index >= 15 is 0 Å². The number of fused-ring (bicyclic) bond motifs is 1. The maximum atomic E-state index is 12.3. The number of aryl methyl sites for hydroxylation is 4. The largest absolute Gasteiger partial charge is 0.354 e. The first-order valence-corrected chi connectivity index (χ1v) is 8.87. The van der Waals surface area contributed by atoms with E-state index in [0.29, 0.717) is 13.0 Å². The first kappa shape index (κ1) is 17.5. The summed E-state index contributed by atoms with van der Waals surface area (Å²) in [6, 6.07) is -0.718. The second kappa shape index (κ2) is 7.31. The molecule has 134 valence electrons. The van der Waals surface area contributed by atoms with Crippen molar-refractivity contribution in [3.63, 3.8) is 0 Å². The number of amides is 1. The lowest BCUT2D eigenvalue weighted by Crippen LogP contribution is -2.36. The Kier molecular flexibility index (Phi) is 5.13. The van der Waals surface area contributed by atoms with Crippen LogP contribution in [0.4, 0.5) is 0 Å². The fourth-order valence-corrected chi connectivity index (χ4v) is 3.51. The molecule has 1 atom stereocenters. The predicted octanol–water partition coefficient (Wildman–Crippen LogP) is 1.36. The van der Waals surface area contributed by atoms with Crippen LogP contribution in [-0.4, -0.2) is 32.6 Å². The second-order valence-electron chi connectivity index (χ2n) is 6.72. The van der Waals surface area contributed by atoms with E-state index in [1.165, 1.54) is 24.1 Å². The van der Waals surface area contributed by atoms with Crippen LogP contribution < -0.4 is 11.1 Å². The normalized spacial score (nSPS) is 14.9. The third kappa shape index (κ3) is 3.71. The zero-order valence-electron chi connectivity index (χ0n) is 15.1. The lowest BCUT2D eigenvalue weighted by atomic mass is 9.95. The lowest BCUT2D eigenvalue weighted by molar-refractivity contribution is -0.122. The van der Waals surface area contributed by atoms with Gasteiger partial charge in [0.15, 0.2) is 0 Å². The van der Waals surface area contributed by atoms with Crippen molar-refractivity contribution in [2.45, 2.75) is 58.9 Å². The molecule has 7 nitrogen and oxygen atoms in total. The molecule has 0 radical (unpaired) electrons. The van der Waals surface area contributed by atoms with Gasteiger partial charge in [0.25, 0.3) is 0 Å². The Hall–Kier alpha value is -2.28. The Bertz CT molecular complexity index is 763. The molecule has 2 aromatic heterocycles. The van der Waals surface area contributed by atoms with Crippen LogP contribution in [0.15, 0.2) is 0 Å². The highest BCUT2D eigenvalue weighted by atomic mass is 16.2. The van der Waals surface area contributed by atoms with Crippen molar-refractivity contribution in [3.05, 3.63) is 39.7 Å². The second-order valence-corrected chi connectivity index (χ2v) is 6.72. The van der Waals surface area contributed by atoms with Gasteiger partial charge in [-0.1, -0.05) is 0 Å². The van der Waals surface area contributed by atoms with Gasteiger partial charge in [-0.15, -0.1) is 0 Å². The van der Waals surface area contributed by atoms with Crippen molar-refractivity contribution in [1.82, 2.24) is 25.5 Å². The molecule has 4 N–H and O–H groups in total. The van der Waals surface area contributed by atoms with Gasteiger partial charge in [-0.25, -0.2) is 9.97 Å². The number of nitrogens with two attached hydrogens (primary N) is 1. The summed E-state index contributed by atoms with van der Waals surface area (Å²) in [5.41, 5.74) is 12.0. The molecule has 25 heavy (non-hydrogen) atoms. The zero-order valence-corrected chi connectivity index (χ0v) is 15.1. The molecule has 0 bridgehead atoms. The van der Waals surface area contributed by atoms with E-state index in [9.17, 15) is 4.79 Å². The van der Waals surface area contributed by atoms with Gasteiger partial charge in [0.05, 0.1) is 5.69 Å². The first-order valence-electron chi connectivity index (χ1n) is 8.87. The number of carbonyl (C=O) groups is 1. The number of nitrogens with one attached hydrogen (secondary N) is 2. The maximum Gasteiger partial charge on any atom is 0.241 e. The summed E-state index contributed by atoms with van der Waals surface area (Å²) in [6.07, 6.45) is 5.13. The highest BCUT2D eigenvalue weighted by Crippen LogP contribution is 2.21. The number of H-pyrrole nitrogens is 1. The number of carbonyl (C=O) groups excluding carboxylic acids is 1. The van der Waals surface area contributed by atoms with Crippen molar-refractivity contribution in [1.29, 1.82) is 0 Å². The van der Waals surface area contributed by atoms with Crippen LogP contribution in [0.2, 0.25) is 0 Å². The maximum absolute atomic E-state index is 12.3. The molecule has 1 aliphatic carbocycles. The summed E-state index contributed by atoms with van der Waals surface area (Å²) in [4.78, 5) is 21.6. The van der Waals surface area contributed by atoms with Gasteiger partial charge in [0, 0.05) is 35.6 Å². The SMILES string of the molecule is Cc1nc(CCNC(=O)[C@@H](N)c2c(C)n[nH]c2C)nc2c1CCCC2. The molecule has 2 aromatic rings. The number of hydrogen-bond acceptors (Lipinski definition) is 5. The molecule has 0 saturated carbocycles. The highest BCUT2D eigenvalue weighted by Gasteiger charge is 2.22. The number of aromatic nitrogens is 4. The summed E-state index contributed by atoms with van der Waals surface area (Å²) in [6.45, 7) is 6.23. The van der Waals surface area contributed by atoms with Crippen molar-refractivity contribution < 1.29 is 4.79 Å². The van der Waals surface area contributed by atoms with Crippen LogP contribution in [0.3, 0.4) is 0 Å². The van der Waals surface area contributed by atoms with Crippen LogP contribution in [0.1, 0.15) is 58.6 Å². The minimum atomic E-state index is -0.718. The molecule has 0 spiro atoms. The van der Waals surface area contributed by atoms with Gasteiger partial charge in [0.1, 0.15) is 11.9 Å². The third-order valence-electron chi connectivity index (χ3n) is 4.86. The smallest absolute Gasteiger partial charge is 0.241 e. The molecule has 0 saturated heterocycles. The van der Waals surface area contributed by atoms with Crippen LogP contribution in [0.25, 0.3) is 0 Å². The summed E-state index contributed by atoms with van der Waals surface area (Å²) < 4.78 is 0. The Balaban J connectivity index is 1.59. The van der Waals surface area contributed by atoms with Gasteiger partial charge in [-0.2, -0.15) is 5.10 Å². The van der Waals surface area contributed by atoms with Crippen molar-refractivity contribution >= 4 is 5.91 Å². The quantitative estimate of drug-likeness (QED) is 0.760. The van der Waals surface area contributed by atoms with E-state index in [2.05, 4.69) is 25.5 Å². The van der Waals surface area contributed by atoms with Crippen LogP contribution in [0.5, 0.6) is 0 Å². The molecule has 0 aliphatic heterocycles. The van der Waals surface area contributed by atoms with E-state index in [4.69, 9.17) is 5.73 Å². The van der Waals surface area contributed by atoms with E-state index in [0.717, 1.165) is 41.3 Å². The minimum absolute atomic E-state index is 0.206. The third-order valence-corrected chi connectivity index (χ3v) is 4.86. The summed E-state index contributed by atoms with van der Waals surface area (Å²) in [7, 11) is 0. The number of nitrogens with zero attached hydrogens (tertiary/aromatic N) is 3. The van der Waals surface area contributed by atoms with Crippen LogP contribution >= 0.6 is 0 Å². The number of aromatic amines is 1. The van der Waals surface area contributed by atoms with E-state index in [1.54, 1.807) is 0 Å². The van der Waals surface area contributed by atoms with Crippen molar-refractivity contribution in [2.24, 2.45) is 5.73 Å². The number of hydrogen-bond donors (Lipinski definition) is 3. The predicted molar refractivity (Wildman–Crippen MR) is 95.1 cm³/mol. The Morgan fingerprint density at radius 3 is 2.68 bits per heavy atom. The van der Waals surface area contributed by atoms with E-state index in [1.807, 2.05) is 20.8 Å². The Morgan fingerprint density at radius 2 is 1.96 bits per heavy atom. The first-order chi connectivity index (χ1) is 12.0. The van der Waals surface area contributed by atoms with Crippen LogP contribution in [0, 0.1) is 20.8 Å². The Morgan fingerprint density at radius 1 is 1.20 bits per heavy atom. The topological polar surface area (TPSA) is 110 Å². The molecule has 0 aromatic carbocycles. The molecule has 1 amide bonds. The number of rotatable bonds is 5. The molecule has 2 heterocycles. The summed E-state index contributed by atoms with van der Waals surface area (Å²) in [5.74, 6) is 0.588. The fourth-order valence-electron chi connectivity index (χ4n) is 3.51. The monoisotopic (exact) mass is 342 g/mol. The molecule has 0 fully saturated rings. The van der Waals surface area contributed by atoms with Gasteiger partial charge in [-0.3, -0.25) is 9.89 Å².